The van der Waals surface area contributed by atoms with Crippen molar-refractivity contribution in [1.29, 1.82) is 0 Å². The van der Waals surface area contributed by atoms with Crippen LogP contribution in [0.1, 0.15) is 27.2 Å². The van der Waals surface area contributed by atoms with Crippen LogP contribution >= 0.6 is 0 Å². The quantitative estimate of drug-likeness (QED) is 0.426. The topological polar surface area (TPSA) is 136 Å². The van der Waals surface area contributed by atoms with Crippen LogP contribution in [0.3, 0.4) is 0 Å². The molecule has 0 saturated heterocycles. The summed E-state index contributed by atoms with van der Waals surface area (Å²) in [6.07, 6.45) is -1.93. The predicted molar refractivity (Wildman–Crippen MR) is 64.3 cm³/mol. The minimum absolute atomic E-state index is 0.0365. The van der Waals surface area contributed by atoms with E-state index in [1.165, 1.54) is 6.92 Å². The summed E-state index contributed by atoms with van der Waals surface area (Å²) in [6, 6.07) is 0. The van der Waals surface area contributed by atoms with Gasteiger partial charge >= 0.3 is 10.4 Å². The number of fused-ring (bicyclic) bond motifs is 2. The molecule has 3 rings (SSSR count). The fraction of sp³-hybridized carbons (Fsp3) is 1.00. The van der Waals surface area contributed by atoms with Crippen molar-refractivity contribution in [2.45, 2.75) is 45.0 Å². The summed E-state index contributed by atoms with van der Waals surface area (Å²) in [5.41, 5.74) is -2.13. The lowest BCUT2D eigenvalue weighted by Gasteiger charge is -2.67. The Morgan fingerprint density at radius 3 is 2.30 bits per heavy atom. The van der Waals surface area contributed by atoms with Crippen molar-refractivity contribution < 1.29 is 32.2 Å². The summed E-state index contributed by atoms with van der Waals surface area (Å²) in [5, 5.41) is 20.1. The van der Waals surface area contributed by atoms with E-state index in [2.05, 4.69) is 9.02 Å². The Morgan fingerprint density at radius 2 is 1.90 bits per heavy atom. The van der Waals surface area contributed by atoms with Gasteiger partial charge in [0.15, 0.2) is 0 Å². The molecule has 3 fully saturated rings. The van der Waals surface area contributed by atoms with Crippen LogP contribution in [0.4, 0.5) is 0 Å². The van der Waals surface area contributed by atoms with Gasteiger partial charge in [-0.2, -0.15) is 8.42 Å². The largest absolute Gasteiger partial charge is 0.397 e. The Kier molecular flexibility index (Phi) is 3.29. The normalized spacial score (nSPS) is 42.6. The zero-order chi connectivity index (χ0) is 15.5. The SMILES string of the molecule is CC1(C)C2CC(OS(=O)(=O)O)C(C)(O)C1C2O[N+](=O)[O-]. The van der Waals surface area contributed by atoms with E-state index in [4.69, 9.17) is 4.55 Å². The van der Waals surface area contributed by atoms with Crippen LogP contribution in [0.25, 0.3) is 0 Å². The van der Waals surface area contributed by atoms with Crippen LogP contribution in [-0.2, 0) is 19.4 Å². The molecule has 3 saturated carbocycles. The molecule has 2 bridgehead atoms. The van der Waals surface area contributed by atoms with E-state index in [9.17, 15) is 23.6 Å². The second-order valence-corrected chi connectivity index (χ2v) is 7.22. The van der Waals surface area contributed by atoms with Gasteiger partial charge in [-0.15, -0.1) is 10.1 Å². The predicted octanol–water partition coefficient (Wildman–Crippen LogP) is 0.178. The molecule has 0 heterocycles. The Balaban J connectivity index is 2.28. The van der Waals surface area contributed by atoms with Gasteiger partial charge in [-0.1, -0.05) is 13.8 Å². The van der Waals surface area contributed by atoms with Crippen LogP contribution in [-0.4, -0.2) is 41.0 Å². The molecule has 0 aromatic heterocycles. The van der Waals surface area contributed by atoms with Crippen LogP contribution in [0.15, 0.2) is 0 Å². The first-order valence-corrected chi connectivity index (χ1v) is 7.43. The molecule has 2 N–H and O–H groups in total. The Morgan fingerprint density at radius 1 is 1.35 bits per heavy atom. The van der Waals surface area contributed by atoms with E-state index in [1.54, 1.807) is 0 Å². The first-order valence-electron chi connectivity index (χ1n) is 6.06. The van der Waals surface area contributed by atoms with Crippen molar-refractivity contribution in [1.82, 2.24) is 0 Å². The highest BCUT2D eigenvalue weighted by molar-refractivity contribution is 7.80. The summed E-state index contributed by atoms with van der Waals surface area (Å²) < 4.78 is 34.9. The molecule has 116 valence electrons. The maximum Gasteiger partial charge on any atom is 0.397 e. The molecule has 0 radical (unpaired) electrons. The van der Waals surface area contributed by atoms with E-state index in [0.29, 0.717) is 0 Å². The summed E-state index contributed by atoms with van der Waals surface area (Å²) >= 11 is 0. The maximum atomic E-state index is 10.8. The highest BCUT2D eigenvalue weighted by Gasteiger charge is 2.71. The zero-order valence-electron chi connectivity index (χ0n) is 11.2. The van der Waals surface area contributed by atoms with E-state index in [1.807, 2.05) is 13.8 Å². The molecular formula is C10H17NO8S. The van der Waals surface area contributed by atoms with Crippen LogP contribution < -0.4 is 0 Å². The highest BCUT2D eigenvalue weighted by Crippen LogP contribution is 2.64. The number of rotatable bonds is 4. The zero-order valence-corrected chi connectivity index (χ0v) is 12.0. The van der Waals surface area contributed by atoms with E-state index >= 15 is 0 Å². The maximum absolute atomic E-state index is 10.8. The van der Waals surface area contributed by atoms with Gasteiger partial charge < -0.3 is 9.94 Å². The molecule has 0 spiro atoms. The van der Waals surface area contributed by atoms with Gasteiger partial charge in [0, 0.05) is 5.92 Å². The molecular weight excluding hydrogens is 294 g/mol. The molecule has 3 aliphatic rings. The molecule has 10 heteroatoms. The van der Waals surface area contributed by atoms with Crippen molar-refractivity contribution in [2.75, 3.05) is 0 Å². The van der Waals surface area contributed by atoms with Crippen molar-refractivity contribution in [3.05, 3.63) is 10.1 Å². The molecule has 5 atom stereocenters. The summed E-state index contributed by atoms with van der Waals surface area (Å²) in [5.74, 6) is -1.02. The summed E-state index contributed by atoms with van der Waals surface area (Å²) in [7, 11) is -4.71. The first-order chi connectivity index (χ1) is 8.87. The second kappa shape index (κ2) is 4.26. The lowest BCUT2D eigenvalue weighted by atomic mass is 9.42. The standard InChI is InChI=1S/C10H17NO8S/c1-9(2)5-4-6(19-20(15,16)17)10(3,12)8(9)7(5)18-11(13)14/h5-8,12H,4H2,1-3H3,(H,15,16,17). The smallest absolute Gasteiger partial charge is 0.387 e. The van der Waals surface area contributed by atoms with Crippen LogP contribution in [0, 0.1) is 27.4 Å². The molecule has 5 unspecified atom stereocenters. The minimum Gasteiger partial charge on any atom is -0.387 e. The fourth-order valence-corrected chi connectivity index (χ4v) is 4.47. The average Bonchev–Trinajstić information content (AvgIpc) is 2.18. The van der Waals surface area contributed by atoms with Crippen molar-refractivity contribution in [2.24, 2.45) is 17.3 Å². The van der Waals surface area contributed by atoms with Crippen LogP contribution in [0.5, 0.6) is 0 Å². The number of aliphatic hydroxyl groups is 1. The first kappa shape index (κ1) is 15.4. The Bertz CT molecular complexity index is 527. The molecule has 9 nitrogen and oxygen atoms in total. The molecule has 0 amide bonds. The number of hydrogen-bond acceptors (Lipinski definition) is 7. The minimum atomic E-state index is -4.71. The van der Waals surface area contributed by atoms with E-state index in [-0.39, 0.29) is 12.3 Å². The lowest BCUT2D eigenvalue weighted by Crippen LogP contribution is -2.75. The Hall–Kier alpha value is -0.970. The van der Waals surface area contributed by atoms with Crippen molar-refractivity contribution >= 4 is 10.4 Å². The van der Waals surface area contributed by atoms with Crippen molar-refractivity contribution in [3.8, 4) is 0 Å². The van der Waals surface area contributed by atoms with Gasteiger partial charge in [0.1, 0.15) is 12.2 Å². The third-order valence-corrected chi connectivity index (χ3v) is 5.15. The third-order valence-electron chi connectivity index (χ3n) is 4.68. The molecule has 0 aliphatic heterocycles. The summed E-state index contributed by atoms with van der Waals surface area (Å²) in [6.45, 7) is 4.97. The molecule has 0 aromatic carbocycles. The van der Waals surface area contributed by atoms with Gasteiger partial charge in [0.05, 0.1) is 5.60 Å². The fourth-order valence-electron chi connectivity index (χ4n) is 3.90. The van der Waals surface area contributed by atoms with E-state index < -0.39 is 44.6 Å². The molecule has 20 heavy (non-hydrogen) atoms. The highest BCUT2D eigenvalue weighted by atomic mass is 32.3. The van der Waals surface area contributed by atoms with Crippen LogP contribution in [0.2, 0.25) is 0 Å². The van der Waals surface area contributed by atoms with Gasteiger partial charge in [-0.25, -0.2) is 4.18 Å². The monoisotopic (exact) mass is 311 g/mol. The third kappa shape index (κ3) is 2.26. The Labute approximate surface area is 115 Å². The van der Waals surface area contributed by atoms with Gasteiger partial charge in [0.25, 0.3) is 5.09 Å². The number of nitrogens with zero attached hydrogens (tertiary/aromatic N) is 1. The van der Waals surface area contributed by atoms with Gasteiger partial charge in [-0.3, -0.25) is 4.55 Å². The second-order valence-electron chi connectivity index (χ2n) is 6.17. The lowest BCUT2D eigenvalue weighted by molar-refractivity contribution is -0.781. The summed E-state index contributed by atoms with van der Waals surface area (Å²) in [4.78, 5) is 15.1. The van der Waals surface area contributed by atoms with Gasteiger partial charge in [0.2, 0.25) is 0 Å². The van der Waals surface area contributed by atoms with E-state index in [0.717, 1.165) is 0 Å². The average molecular weight is 311 g/mol. The molecule has 3 aliphatic carbocycles. The molecule has 0 aromatic rings. The number of hydrogen-bond donors (Lipinski definition) is 2. The van der Waals surface area contributed by atoms with Crippen molar-refractivity contribution in [3.63, 3.8) is 0 Å². The van der Waals surface area contributed by atoms with Gasteiger partial charge in [-0.05, 0) is 24.7 Å².